The van der Waals surface area contributed by atoms with Gasteiger partial charge in [-0.25, -0.2) is 0 Å². The summed E-state index contributed by atoms with van der Waals surface area (Å²) >= 11 is 0. The normalized spacial score (nSPS) is 12.3. The van der Waals surface area contributed by atoms with E-state index < -0.39 is 61.6 Å². The molecule has 0 aliphatic rings. The number of hydrogen-bond donors (Lipinski definition) is 4. The summed E-state index contributed by atoms with van der Waals surface area (Å²) < 4.78 is 94.4. The van der Waals surface area contributed by atoms with E-state index in [0.29, 0.717) is 24.3 Å². The Bertz CT molecular complexity index is 1140. The summed E-state index contributed by atoms with van der Waals surface area (Å²) in [4.78, 5) is -2.94. The second-order valence-corrected chi connectivity index (χ2v) is 8.59. The summed E-state index contributed by atoms with van der Waals surface area (Å²) in [5.41, 5.74) is 0. The van der Waals surface area contributed by atoms with E-state index in [2.05, 4.69) is 0 Å². The molecule has 15 heteroatoms. The fourth-order valence-electron chi connectivity index (χ4n) is 1.89. The molecule has 0 aliphatic carbocycles. The molecule has 2 aromatic carbocycles. The standard InChI is InChI=1S/C10H8O10S3.2Na.2H/c11-8-4-7-5(2-10(8)23(18,19)20)1-6(21(12,13)14)3-9(7)22(15,16)17;;;;/h1-4,11H,(H,12,13,14)(H,15,16,17)(H,18,19,20);;;;. The number of rotatable bonds is 3. The first-order valence-electron chi connectivity index (χ1n) is 5.44. The number of phenolic OH excluding ortho intramolecular Hbond substituents is 1. The molecule has 0 bridgehead atoms. The van der Waals surface area contributed by atoms with E-state index in [1.165, 1.54) is 0 Å². The quantitative estimate of drug-likeness (QED) is 0.346. The van der Waals surface area contributed by atoms with E-state index in [1.54, 1.807) is 0 Å². The number of benzene rings is 2. The van der Waals surface area contributed by atoms with Crippen LogP contribution in [0.1, 0.15) is 0 Å². The van der Waals surface area contributed by atoms with E-state index in [4.69, 9.17) is 13.7 Å². The molecule has 2 aromatic rings. The Hall–Kier alpha value is 0.230. The van der Waals surface area contributed by atoms with Crippen molar-refractivity contribution in [3.05, 3.63) is 24.3 Å². The molecule has 0 fully saturated rings. The molecule has 4 N–H and O–H groups in total. The molecule has 0 aromatic heterocycles. The molecule has 10 nitrogen and oxygen atoms in total. The second kappa shape index (κ2) is 8.08. The zero-order chi connectivity index (χ0) is 17.8. The number of aromatic hydroxyl groups is 1. The molecule has 0 unspecified atom stereocenters. The van der Waals surface area contributed by atoms with E-state index in [9.17, 15) is 30.4 Å². The topological polar surface area (TPSA) is 183 Å². The Morgan fingerprint density at radius 1 is 0.640 bits per heavy atom. The van der Waals surface area contributed by atoms with Crippen molar-refractivity contribution < 1.29 is 44.0 Å². The van der Waals surface area contributed by atoms with Gasteiger partial charge in [0, 0.05) is 5.39 Å². The van der Waals surface area contributed by atoms with Crippen molar-refractivity contribution in [1.82, 2.24) is 0 Å². The van der Waals surface area contributed by atoms with Gasteiger partial charge in [0.1, 0.15) is 15.5 Å². The molecule has 0 atom stereocenters. The number of hydrogen-bond acceptors (Lipinski definition) is 7. The molecule has 0 saturated heterocycles. The van der Waals surface area contributed by atoms with Crippen LogP contribution in [0.15, 0.2) is 39.0 Å². The molecule has 0 amide bonds. The molecule has 0 heterocycles. The van der Waals surface area contributed by atoms with Crippen LogP contribution in [0.3, 0.4) is 0 Å². The van der Waals surface area contributed by atoms with E-state index in [-0.39, 0.29) is 59.1 Å². The van der Waals surface area contributed by atoms with Crippen molar-refractivity contribution in [2.75, 3.05) is 0 Å². The molecular weight excluding hydrogens is 422 g/mol. The molecule has 25 heavy (non-hydrogen) atoms. The molecule has 130 valence electrons. The van der Waals surface area contributed by atoms with Gasteiger partial charge in [-0.15, -0.1) is 0 Å². The van der Waals surface area contributed by atoms with Gasteiger partial charge in [0.15, 0.2) is 0 Å². The second-order valence-electron chi connectivity index (χ2n) is 4.39. The first-order chi connectivity index (χ1) is 10.2. The van der Waals surface area contributed by atoms with Gasteiger partial charge in [-0.2, -0.15) is 25.3 Å². The molecule has 0 radical (unpaired) electrons. The van der Waals surface area contributed by atoms with Gasteiger partial charge in [0.05, 0.1) is 4.90 Å². The van der Waals surface area contributed by atoms with Crippen molar-refractivity contribution in [1.29, 1.82) is 0 Å². The third-order valence-corrected chi connectivity index (χ3v) is 5.43. The minimum absolute atomic E-state index is 0. The fraction of sp³-hybridized carbons (Fsp3) is 0. The summed E-state index contributed by atoms with van der Waals surface area (Å²) in [6.45, 7) is 0. The zero-order valence-corrected chi connectivity index (χ0v) is 13.2. The summed E-state index contributed by atoms with van der Waals surface area (Å²) in [6.07, 6.45) is 0. The Morgan fingerprint density at radius 3 is 1.52 bits per heavy atom. The molecular formula is C10H10Na2O10S3. The van der Waals surface area contributed by atoms with Gasteiger partial charge in [-0.05, 0) is 29.7 Å². The van der Waals surface area contributed by atoms with E-state index >= 15 is 0 Å². The third kappa shape index (κ3) is 5.60. The van der Waals surface area contributed by atoms with Crippen LogP contribution in [0.25, 0.3) is 10.8 Å². The fourth-order valence-corrected chi connectivity index (χ4v) is 3.83. The van der Waals surface area contributed by atoms with Crippen LogP contribution in [0.4, 0.5) is 0 Å². The maximum absolute atomic E-state index is 11.3. The predicted octanol–water partition coefficient (Wildman–Crippen LogP) is -1.01. The van der Waals surface area contributed by atoms with Gasteiger partial charge in [-0.3, -0.25) is 13.7 Å². The van der Waals surface area contributed by atoms with Crippen LogP contribution in [0, 0.1) is 0 Å². The van der Waals surface area contributed by atoms with Crippen molar-refractivity contribution in [2.24, 2.45) is 0 Å². The molecule has 0 spiro atoms. The van der Waals surface area contributed by atoms with Gasteiger partial charge in [0.2, 0.25) is 0 Å². The monoisotopic (exact) mass is 432 g/mol. The van der Waals surface area contributed by atoms with Crippen LogP contribution >= 0.6 is 0 Å². The van der Waals surface area contributed by atoms with Crippen molar-refractivity contribution in [2.45, 2.75) is 14.7 Å². The molecule has 2 rings (SSSR count). The SMILES string of the molecule is O=S(=O)(O)c1cc(S(=O)(=O)O)c2cc(O)c(S(=O)(=O)O)cc2c1.[NaH].[NaH]. The van der Waals surface area contributed by atoms with Crippen molar-refractivity contribution in [3.8, 4) is 5.75 Å². The van der Waals surface area contributed by atoms with Gasteiger partial charge >= 0.3 is 59.1 Å². The first kappa shape index (κ1) is 25.2. The van der Waals surface area contributed by atoms with Gasteiger partial charge in [-0.1, -0.05) is 0 Å². The Balaban J connectivity index is 0.00000288. The Kier molecular flexibility index (Phi) is 8.15. The Morgan fingerprint density at radius 2 is 1.12 bits per heavy atom. The molecule has 0 saturated carbocycles. The average molecular weight is 432 g/mol. The first-order valence-corrected chi connectivity index (χ1v) is 9.76. The maximum atomic E-state index is 11.3. The number of phenols is 1. The van der Waals surface area contributed by atoms with Gasteiger partial charge in [0.25, 0.3) is 30.4 Å². The minimum atomic E-state index is -4.98. The zero-order valence-electron chi connectivity index (χ0n) is 10.8. The predicted molar refractivity (Wildman–Crippen MR) is 89.4 cm³/mol. The van der Waals surface area contributed by atoms with Crippen LogP contribution in [0.2, 0.25) is 0 Å². The van der Waals surface area contributed by atoms with Crippen molar-refractivity contribution >= 4 is 100 Å². The number of fused-ring (bicyclic) bond motifs is 1. The average Bonchev–Trinajstić information content (AvgIpc) is 2.32. The third-order valence-electron chi connectivity index (χ3n) is 2.82. The summed E-state index contributed by atoms with van der Waals surface area (Å²) in [7, 11) is -14.8. The summed E-state index contributed by atoms with van der Waals surface area (Å²) in [5, 5.41) is 8.76. The van der Waals surface area contributed by atoms with Crippen LogP contribution < -0.4 is 0 Å². The Labute approximate surface area is 187 Å². The van der Waals surface area contributed by atoms with Crippen LogP contribution in [0.5, 0.6) is 5.75 Å². The van der Waals surface area contributed by atoms with Crippen LogP contribution in [-0.4, -0.2) is 103 Å². The summed E-state index contributed by atoms with van der Waals surface area (Å²) in [6, 6.07) is 2.33. The molecule has 0 aliphatic heterocycles. The summed E-state index contributed by atoms with van der Waals surface area (Å²) in [5.74, 6) is -1.02. The van der Waals surface area contributed by atoms with Crippen LogP contribution in [-0.2, 0) is 30.4 Å². The van der Waals surface area contributed by atoms with E-state index in [1.807, 2.05) is 0 Å². The van der Waals surface area contributed by atoms with Gasteiger partial charge < -0.3 is 5.11 Å². The van der Waals surface area contributed by atoms with E-state index in [0.717, 1.165) is 0 Å². The van der Waals surface area contributed by atoms with Crippen molar-refractivity contribution in [3.63, 3.8) is 0 Å².